The summed E-state index contributed by atoms with van der Waals surface area (Å²) in [6, 6.07) is 16.3. The van der Waals surface area contributed by atoms with Crippen LogP contribution >= 0.6 is 0 Å². The highest BCUT2D eigenvalue weighted by atomic mass is 32.2. The number of benzene rings is 2. The predicted octanol–water partition coefficient (Wildman–Crippen LogP) is 2.90. The van der Waals surface area contributed by atoms with Gasteiger partial charge in [-0.1, -0.05) is 48.0 Å². The van der Waals surface area contributed by atoms with Crippen LogP contribution in [0.2, 0.25) is 0 Å². The summed E-state index contributed by atoms with van der Waals surface area (Å²) in [6.07, 6.45) is 0. The summed E-state index contributed by atoms with van der Waals surface area (Å²) in [7, 11) is -2.00. The van der Waals surface area contributed by atoms with E-state index < -0.39 is 15.6 Å². The van der Waals surface area contributed by atoms with Crippen molar-refractivity contribution in [3.63, 3.8) is 0 Å². The molecule has 134 valence electrons. The SMILES string of the molecule is COCOC1(c2ccccc2)CN(S(=O)(=O)c2ccc(C)cc2)C1C. The van der Waals surface area contributed by atoms with E-state index >= 15 is 0 Å². The number of hydrogen-bond acceptors (Lipinski definition) is 4. The number of hydrogen-bond donors (Lipinski definition) is 0. The molecule has 0 amide bonds. The lowest BCUT2D eigenvalue weighted by atomic mass is 9.80. The zero-order valence-electron chi connectivity index (χ0n) is 14.7. The normalized spacial score (nSPS) is 24.0. The lowest BCUT2D eigenvalue weighted by Crippen LogP contribution is -2.68. The van der Waals surface area contributed by atoms with Gasteiger partial charge in [-0.15, -0.1) is 0 Å². The third-order valence-electron chi connectivity index (χ3n) is 4.82. The lowest BCUT2D eigenvalue weighted by Gasteiger charge is -2.54. The Morgan fingerprint density at radius 1 is 1.12 bits per heavy atom. The highest BCUT2D eigenvalue weighted by Gasteiger charge is 2.57. The quantitative estimate of drug-likeness (QED) is 0.743. The van der Waals surface area contributed by atoms with Gasteiger partial charge in [0, 0.05) is 13.7 Å². The standard InChI is InChI=1S/C19H23NO4S/c1-15-9-11-18(12-10-15)25(21,22)20-13-19(16(20)2,24-14-23-3)17-7-5-4-6-8-17/h4-12,16H,13-14H2,1-3H3. The summed E-state index contributed by atoms with van der Waals surface area (Å²) in [6.45, 7) is 4.18. The molecule has 0 spiro atoms. The second kappa shape index (κ2) is 6.88. The highest BCUT2D eigenvalue weighted by Crippen LogP contribution is 2.44. The summed E-state index contributed by atoms with van der Waals surface area (Å²) in [5, 5.41) is 0. The van der Waals surface area contributed by atoms with Gasteiger partial charge in [-0.3, -0.25) is 0 Å². The van der Waals surface area contributed by atoms with Crippen LogP contribution in [0.4, 0.5) is 0 Å². The van der Waals surface area contributed by atoms with E-state index in [1.165, 1.54) is 4.31 Å². The minimum atomic E-state index is -3.56. The van der Waals surface area contributed by atoms with Crippen LogP contribution < -0.4 is 0 Å². The molecular formula is C19H23NO4S. The van der Waals surface area contributed by atoms with Crippen molar-refractivity contribution >= 4 is 10.0 Å². The molecule has 2 aromatic rings. The second-order valence-electron chi connectivity index (χ2n) is 6.35. The van der Waals surface area contributed by atoms with Gasteiger partial charge in [0.15, 0.2) is 0 Å². The van der Waals surface area contributed by atoms with Gasteiger partial charge in [-0.05, 0) is 31.5 Å². The molecule has 1 fully saturated rings. The molecule has 2 unspecified atom stereocenters. The predicted molar refractivity (Wildman–Crippen MR) is 95.6 cm³/mol. The highest BCUT2D eigenvalue weighted by molar-refractivity contribution is 7.89. The Hall–Kier alpha value is -1.73. The van der Waals surface area contributed by atoms with Crippen molar-refractivity contribution in [2.24, 2.45) is 0 Å². The minimum Gasteiger partial charge on any atom is -0.359 e. The average molecular weight is 361 g/mol. The zero-order valence-corrected chi connectivity index (χ0v) is 15.5. The Kier molecular flexibility index (Phi) is 4.97. The molecule has 0 radical (unpaired) electrons. The van der Waals surface area contributed by atoms with E-state index in [1.54, 1.807) is 19.2 Å². The maximum absolute atomic E-state index is 13.0. The first-order valence-corrected chi connectivity index (χ1v) is 9.63. The zero-order chi connectivity index (χ0) is 18.1. The molecule has 0 N–H and O–H groups in total. The Bertz CT molecular complexity index is 820. The number of methoxy groups -OCH3 is 1. The molecule has 1 aliphatic heterocycles. The van der Waals surface area contributed by atoms with E-state index in [0.717, 1.165) is 11.1 Å². The first-order valence-electron chi connectivity index (χ1n) is 8.19. The maximum atomic E-state index is 13.0. The molecule has 0 bridgehead atoms. The molecule has 0 aromatic heterocycles. The fourth-order valence-corrected chi connectivity index (χ4v) is 4.93. The molecule has 1 heterocycles. The maximum Gasteiger partial charge on any atom is 0.243 e. The van der Waals surface area contributed by atoms with Gasteiger partial charge in [0.05, 0.1) is 10.9 Å². The topological polar surface area (TPSA) is 55.8 Å². The first-order chi connectivity index (χ1) is 11.9. The van der Waals surface area contributed by atoms with Crippen LogP contribution in [-0.4, -0.2) is 39.2 Å². The van der Waals surface area contributed by atoms with E-state index in [4.69, 9.17) is 9.47 Å². The number of rotatable bonds is 6. The van der Waals surface area contributed by atoms with Gasteiger partial charge < -0.3 is 9.47 Å². The molecule has 5 nitrogen and oxygen atoms in total. The number of aryl methyl sites for hydroxylation is 1. The number of sulfonamides is 1. The summed E-state index contributed by atoms with van der Waals surface area (Å²) < 4.78 is 38.5. The van der Waals surface area contributed by atoms with Gasteiger partial charge in [0.25, 0.3) is 0 Å². The molecule has 3 rings (SSSR count). The van der Waals surface area contributed by atoms with Gasteiger partial charge in [-0.2, -0.15) is 4.31 Å². The first kappa shape index (κ1) is 18.1. The van der Waals surface area contributed by atoms with Crippen LogP contribution in [0, 0.1) is 6.92 Å². The Morgan fingerprint density at radius 2 is 1.76 bits per heavy atom. The smallest absolute Gasteiger partial charge is 0.243 e. The second-order valence-corrected chi connectivity index (χ2v) is 8.24. The van der Waals surface area contributed by atoms with Gasteiger partial charge >= 0.3 is 0 Å². The molecular weight excluding hydrogens is 338 g/mol. The molecule has 25 heavy (non-hydrogen) atoms. The van der Waals surface area contributed by atoms with Crippen LogP contribution in [0.1, 0.15) is 18.1 Å². The van der Waals surface area contributed by atoms with Crippen LogP contribution in [0.5, 0.6) is 0 Å². The van der Waals surface area contributed by atoms with Crippen LogP contribution in [0.25, 0.3) is 0 Å². The third kappa shape index (κ3) is 3.11. The van der Waals surface area contributed by atoms with Crippen molar-refractivity contribution in [2.45, 2.75) is 30.4 Å². The summed E-state index contributed by atoms with van der Waals surface area (Å²) >= 11 is 0. The van der Waals surface area contributed by atoms with Crippen molar-refractivity contribution in [1.82, 2.24) is 4.31 Å². The van der Waals surface area contributed by atoms with Crippen molar-refractivity contribution in [3.05, 3.63) is 65.7 Å². The van der Waals surface area contributed by atoms with Gasteiger partial charge in [0.2, 0.25) is 10.0 Å². The summed E-state index contributed by atoms with van der Waals surface area (Å²) in [5.41, 5.74) is 1.28. The average Bonchev–Trinajstić information content (AvgIpc) is 2.62. The number of ether oxygens (including phenoxy) is 2. The molecule has 1 aliphatic rings. The van der Waals surface area contributed by atoms with Crippen LogP contribution in [-0.2, 0) is 25.1 Å². The van der Waals surface area contributed by atoms with E-state index in [9.17, 15) is 8.42 Å². The van der Waals surface area contributed by atoms with Crippen molar-refractivity contribution in [2.75, 3.05) is 20.4 Å². The summed E-state index contributed by atoms with van der Waals surface area (Å²) in [4.78, 5) is 0.304. The van der Waals surface area contributed by atoms with Gasteiger partial charge in [0.1, 0.15) is 12.4 Å². The van der Waals surface area contributed by atoms with E-state index in [0.29, 0.717) is 4.90 Å². The van der Waals surface area contributed by atoms with Crippen molar-refractivity contribution in [3.8, 4) is 0 Å². The molecule has 1 saturated heterocycles. The van der Waals surface area contributed by atoms with Crippen LogP contribution in [0.15, 0.2) is 59.5 Å². The van der Waals surface area contributed by atoms with Crippen LogP contribution in [0.3, 0.4) is 0 Å². The van der Waals surface area contributed by atoms with E-state index in [-0.39, 0.29) is 19.4 Å². The molecule has 0 aliphatic carbocycles. The van der Waals surface area contributed by atoms with Gasteiger partial charge in [-0.25, -0.2) is 8.42 Å². The third-order valence-corrected chi connectivity index (χ3v) is 6.75. The van der Waals surface area contributed by atoms with Crippen molar-refractivity contribution < 1.29 is 17.9 Å². The monoisotopic (exact) mass is 361 g/mol. The Balaban J connectivity index is 1.91. The van der Waals surface area contributed by atoms with E-state index in [1.807, 2.05) is 56.3 Å². The summed E-state index contributed by atoms with van der Waals surface area (Å²) in [5.74, 6) is 0. The van der Waals surface area contributed by atoms with Crippen molar-refractivity contribution in [1.29, 1.82) is 0 Å². The molecule has 2 atom stereocenters. The molecule has 0 saturated carbocycles. The number of nitrogens with zero attached hydrogens (tertiary/aromatic N) is 1. The fraction of sp³-hybridized carbons (Fsp3) is 0.368. The minimum absolute atomic E-state index is 0.109. The largest absolute Gasteiger partial charge is 0.359 e. The fourth-order valence-electron chi connectivity index (χ4n) is 3.23. The van der Waals surface area contributed by atoms with E-state index in [2.05, 4.69) is 0 Å². The molecule has 6 heteroatoms. The molecule has 2 aromatic carbocycles. The Labute approximate surface area is 149 Å². The Morgan fingerprint density at radius 3 is 2.32 bits per heavy atom. The lowest BCUT2D eigenvalue weighted by molar-refractivity contribution is -0.206.